The Labute approximate surface area is 173 Å². The van der Waals surface area contributed by atoms with Gasteiger partial charge in [0.25, 0.3) is 0 Å². The second-order valence-electron chi connectivity index (χ2n) is 7.94. The summed E-state index contributed by atoms with van der Waals surface area (Å²) < 4.78 is 0. The van der Waals surface area contributed by atoms with Crippen LogP contribution in [0.3, 0.4) is 0 Å². The third-order valence-electron chi connectivity index (χ3n) is 5.98. The molecule has 3 N–H and O–H groups in total. The zero-order valence-electron chi connectivity index (χ0n) is 16.4. The van der Waals surface area contributed by atoms with E-state index in [-0.39, 0.29) is 0 Å². The Morgan fingerprint density at radius 3 is 2.86 bits per heavy atom. The molecular formula is C20H24N8S. The van der Waals surface area contributed by atoms with Crippen LogP contribution >= 0.6 is 11.3 Å². The minimum atomic E-state index is 0.365. The number of aromatic nitrogens is 4. The third-order valence-corrected chi connectivity index (χ3v) is 6.78. The Kier molecular flexibility index (Phi) is 4.81. The number of thiophene rings is 1. The normalized spacial score (nSPS) is 23.9. The monoisotopic (exact) mass is 408 g/mol. The molecule has 5 rings (SSSR count). The molecule has 3 aromatic rings. The van der Waals surface area contributed by atoms with Gasteiger partial charge in [-0.05, 0) is 44.1 Å². The van der Waals surface area contributed by atoms with Crippen molar-refractivity contribution in [3.63, 3.8) is 0 Å². The summed E-state index contributed by atoms with van der Waals surface area (Å²) in [6, 6.07) is 7.78. The molecule has 2 aliphatic heterocycles. The number of nitrogens with zero attached hydrogens (tertiary/aromatic N) is 5. The lowest BCUT2D eigenvalue weighted by molar-refractivity contribution is 0.135. The maximum atomic E-state index is 8.92. The van der Waals surface area contributed by atoms with Crippen LogP contribution in [0.5, 0.6) is 0 Å². The Balaban J connectivity index is 1.34. The van der Waals surface area contributed by atoms with Crippen molar-refractivity contribution < 1.29 is 0 Å². The fraction of sp³-hybridized carbons (Fsp3) is 0.500. The fourth-order valence-electron chi connectivity index (χ4n) is 4.74. The first kappa shape index (κ1) is 18.3. The first-order valence-electron chi connectivity index (χ1n) is 10.1. The summed E-state index contributed by atoms with van der Waals surface area (Å²) in [5, 5.41) is 26.1. The van der Waals surface area contributed by atoms with Gasteiger partial charge in [0.05, 0.1) is 11.5 Å². The number of anilines is 3. The molecule has 9 heteroatoms. The van der Waals surface area contributed by atoms with Crippen molar-refractivity contribution in [2.75, 3.05) is 17.2 Å². The lowest BCUT2D eigenvalue weighted by Gasteiger charge is -2.38. The van der Waals surface area contributed by atoms with Gasteiger partial charge in [-0.25, -0.2) is 4.98 Å². The van der Waals surface area contributed by atoms with Gasteiger partial charge < -0.3 is 10.6 Å². The number of aryl methyl sites for hydroxylation is 1. The maximum absolute atomic E-state index is 8.92. The van der Waals surface area contributed by atoms with Gasteiger partial charge in [-0.3, -0.25) is 10.00 Å². The number of hydrogen-bond acceptors (Lipinski definition) is 8. The summed E-state index contributed by atoms with van der Waals surface area (Å²) >= 11 is 1.62. The highest BCUT2D eigenvalue weighted by molar-refractivity contribution is 7.16. The molecule has 0 aromatic carbocycles. The number of piperidine rings is 1. The van der Waals surface area contributed by atoms with Gasteiger partial charge >= 0.3 is 0 Å². The van der Waals surface area contributed by atoms with E-state index in [1.165, 1.54) is 12.8 Å². The Bertz CT molecular complexity index is 1040. The molecule has 150 valence electrons. The average molecular weight is 409 g/mol. The molecule has 2 bridgehead atoms. The van der Waals surface area contributed by atoms with Gasteiger partial charge in [0.2, 0.25) is 5.95 Å². The molecule has 2 fully saturated rings. The number of rotatable bonds is 6. The van der Waals surface area contributed by atoms with E-state index < -0.39 is 0 Å². The van der Waals surface area contributed by atoms with Crippen LogP contribution in [0.2, 0.25) is 0 Å². The molecule has 0 saturated carbocycles. The van der Waals surface area contributed by atoms with Crippen LogP contribution in [0.1, 0.15) is 37.8 Å². The smallest absolute Gasteiger partial charge is 0.226 e. The molecule has 2 saturated heterocycles. The highest BCUT2D eigenvalue weighted by Gasteiger charge is 2.40. The molecule has 5 heterocycles. The van der Waals surface area contributed by atoms with Crippen LogP contribution in [0.25, 0.3) is 10.2 Å². The van der Waals surface area contributed by atoms with Crippen molar-refractivity contribution in [2.24, 2.45) is 0 Å². The SMILES string of the molecule is Cc1cc(Nc2nc(NC3CC4CCC(C3)N4CCC#N)nc3sccc23)n[nH]1. The van der Waals surface area contributed by atoms with Crippen LogP contribution in [0.15, 0.2) is 17.5 Å². The molecule has 0 amide bonds. The molecule has 3 aromatic heterocycles. The summed E-state index contributed by atoms with van der Waals surface area (Å²) in [4.78, 5) is 13.0. The predicted molar refractivity (Wildman–Crippen MR) is 114 cm³/mol. The molecule has 0 aliphatic carbocycles. The highest BCUT2D eigenvalue weighted by Crippen LogP contribution is 2.37. The third kappa shape index (κ3) is 3.66. The zero-order chi connectivity index (χ0) is 19.8. The topological polar surface area (TPSA) is 106 Å². The van der Waals surface area contributed by atoms with Gasteiger partial charge in [-0.2, -0.15) is 15.3 Å². The Hall–Kier alpha value is -2.70. The molecule has 0 spiro atoms. The summed E-state index contributed by atoms with van der Waals surface area (Å²) in [7, 11) is 0. The van der Waals surface area contributed by atoms with Gasteiger partial charge in [0.15, 0.2) is 5.82 Å². The van der Waals surface area contributed by atoms with Crippen LogP contribution in [0.4, 0.5) is 17.6 Å². The van der Waals surface area contributed by atoms with Crippen molar-refractivity contribution in [1.82, 2.24) is 25.1 Å². The van der Waals surface area contributed by atoms with Gasteiger partial charge in [0, 0.05) is 42.9 Å². The molecule has 0 radical (unpaired) electrons. The zero-order valence-corrected chi connectivity index (χ0v) is 17.2. The summed E-state index contributed by atoms with van der Waals surface area (Å²) in [6.45, 7) is 2.87. The lowest BCUT2D eigenvalue weighted by Crippen LogP contribution is -2.47. The van der Waals surface area contributed by atoms with Crippen molar-refractivity contribution in [2.45, 2.75) is 57.2 Å². The summed E-state index contributed by atoms with van der Waals surface area (Å²) in [6.07, 6.45) is 5.23. The van der Waals surface area contributed by atoms with E-state index in [1.807, 2.05) is 24.4 Å². The second kappa shape index (κ2) is 7.61. The minimum absolute atomic E-state index is 0.365. The Morgan fingerprint density at radius 1 is 1.31 bits per heavy atom. The highest BCUT2D eigenvalue weighted by atomic mass is 32.1. The number of nitrogens with one attached hydrogen (secondary N) is 3. The number of hydrogen-bond donors (Lipinski definition) is 3. The van der Waals surface area contributed by atoms with E-state index in [0.29, 0.717) is 30.5 Å². The summed E-state index contributed by atoms with van der Waals surface area (Å²) in [5.74, 6) is 2.20. The molecule has 29 heavy (non-hydrogen) atoms. The van der Waals surface area contributed by atoms with Gasteiger partial charge in [-0.1, -0.05) is 0 Å². The van der Waals surface area contributed by atoms with Gasteiger partial charge in [0.1, 0.15) is 10.6 Å². The average Bonchev–Trinajstić information content (AvgIpc) is 3.39. The maximum Gasteiger partial charge on any atom is 0.226 e. The van der Waals surface area contributed by atoms with Crippen molar-refractivity contribution in [1.29, 1.82) is 5.26 Å². The van der Waals surface area contributed by atoms with E-state index in [0.717, 1.165) is 46.9 Å². The minimum Gasteiger partial charge on any atom is -0.351 e. The quantitative estimate of drug-likeness (QED) is 0.570. The molecular weight excluding hydrogens is 384 g/mol. The van der Waals surface area contributed by atoms with E-state index >= 15 is 0 Å². The van der Waals surface area contributed by atoms with Crippen molar-refractivity contribution in [3.8, 4) is 6.07 Å². The van der Waals surface area contributed by atoms with Crippen molar-refractivity contribution in [3.05, 3.63) is 23.2 Å². The largest absolute Gasteiger partial charge is 0.351 e. The van der Waals surface area contributed by atoms with E-state index in [4.69, 9.17) is 15.2 Å². The van der Waals surface area contributed by atoms with Crippen LogP contribution in [0, 0.1) is 18.3 Å². The number of nitriles is 1. The fourth-order valence-corrected chi connectivity index (χ4v) is 5.50. The molecule has 2 aliphatic rings. The number of H-pyrrole nitrogens is 1. The molecule has 2 unspecified atom stereocenters. The van der Waals surface area contributed by atoms with Crippen LogP contribution < -0.4 is 10.6 Å². The second-order valence-corrected chi connectivity index (χ2v) is 8.83. The first-order valence-corrected chi connectivity index (χ1v) is 11.0. The summed E-state index contributed by atoms with van der Waals surface area (Å²) in [5.41, 5.74) is 1.00. The first-order chi connectivity index (χ1) is 14.2. The van der Waals surface area contributed by atoms with E-state index in [9.17, 15) is 0 Å². The lowest BCUT2D eigenvalue weighted by atomic mass is 9.97. The van der Waals surface area contributed by atoms with Crippen LogP contribution in [-0.4, -0.2) is 49.7 Å². The Morgan fingerprint density at radius 2 is 2.14 bits per heavy atom. The predicted octanol–water partition coefficient (Wildman–Crippen LogP) is 3.79. The number of aromatic amines is 1. The number of fused-ring (bicyclic) bond motifs is 3. The van der Waals surface area contributed by atoms with E-state index in [2.05, 4.69) is 31.8 Å². The van der Waals surface area contributed by atoms with Crippen molar-refractivity contribution >= 4 is 39.1 Å². The van der Waals surface area contributed by atoms with E-state index in [1.54, 1.807) is 11.3 Å². The molecule has 2 atom stereocenters. The van der Waals surface area contributed by atoms with Gasteiger partial charge in [-0.15, -0.1) is 11.3 Å². The molecule has 8 nitrogen and oxygen atoms in total. The van der Waals surface area contributed by atoms with Crippen LogP contribution in [-0.2, 0) is 0 Å². The standard InChI is InChI=1S/C20H24N8S/c1-12-9-17(27-26-12)23-18-16-5-8-29-19(16)25-20(24-18)22-13-10-14-3-4-15(11-13)28(14)7-2-6-21/h5,8-9,13-15H,2-4,7,10-11H2,1H3,(H3,22,23,24,25,26,27).